The number of aromatic nitrogens is 2. The zero-order valence-corrected chi connectivity index (χ0v) is 19.6. The summed E-state index contributed by atoms with van der Waals surface area (Å²) in [7, 11) is 0. The molecular weight excluding hydrogens is 452 g/mol. The standard InChI is InChI=1S/C19H22N4O4S.C6H4/c1-11(24)20-18-22-23-19(28-18)21-17(27)15-8-6-14(7-9-15)13-4-2-12(3-5-13)10-16(25)26;1-2-5-4-6(5)3-1/h6-9,12-13H,2-5,10H2,1H3,(H,25,26)(H,20,22,24)(H,21,23,27);1-4H. The van der Waals surface area contributed by atoms with Crippen molar-refractivity contribution in [3.8, 4) is 11.1 Å². The Balaban J connectivity index is 0.000000388. The van der Waals surface area contributed by atoms with Gasteiger partial charge >= 0.3 is 5.97 Å². The van der Waals surface area contributed by atoms with E-state index >= 15 is 0 Å². The third kappa shape index (κ3) is 6.48. The molecule has 1 fully saturated rings. The van der Waals surface area contributed by atoms with Gasteiger partial charge in [-0.1, -0.05) is 41.7 Å². The van der Waals surface area contributed by atoms with Crippen molar-refractivity contribution in [2.75, 3.05) is 10.6 Å². The van der Waals surface area contributed by atoms with Crippen LogP contribution in [0.2, 0.25) is 0 Å². The molecule has 9 heteroatoms. The summed E-state index contributed by atoms with van der Waals surface area (Å²) in [4.78, 5) is 34.2. The van der Waals surface area contributed by atoms with Gasteiger partial charge in [0, 0.05) is 18.9 Å². The third-order valence-corrected chi connectivity index (χ3v) is 6.75. The first-order valence-electron chi connectivity index (χ1n) is 11.2. The molecule has 5 rings (SSSR count). The Bertz CT molecular complexity index is 1170. The van der Waals surface area contributed by atoms with Crippen LogP contribution in [-0.4, -0.2) is 33.1 Å². The van der Waals surface area contributed by atoms with Gasteiger partial charge in [0.15, 0.2) is 0 Å². The van der Waals surface area contributed by atoms with Crippen molar-refractivity contribution in [2.24, 2.45) is 5.92 Å². The molecule has 0 aliphatic heterocycles. The zero-order chi connectivity index (χ0) is 24.1. The third-order valence-electron chi connectivity index (χ3n) is 6.00. The fraction of sp³-hybridized carbons (Fsp3) is 0.320. The van der Waals surface area contributed by atoms with E-state index < -0.39 is 5.97 Å². The van der Waals surface area contributed by atoms with Crippen LogP contribution in [-0.2, 0) is 9.59 Å². The summed E-state index contributed by atoms with van der Waals surface area (Å²) in [5.74, 6) is -0.582. The predicted octanol–water partition coefficient (Wildman–Crippen LogP) is 5.16. The van der Waals surface area contributed by atoms with Gasteiger partial charge in [-0.2, -0.15) is 0 Å². The number of amides is 2. The van der Waals surface area contributed by atoms with Gasteiger partial charge < -0.3 is 10.4 Å². The molecule has 0 radical (unpaired) electrons. The van der Waals surface area contributed by atoms with Crippen LogP contribution in [0.1, 0.15) is 60.9 Å². The molecule has 1 saturated carbocycles. The molecule has 8 nitrogen and oxygen atoms in total. The fourth-order valence-corrected chi connectivity index (χ4v) is 4.86. The van der Waals surface area contributed by atoms with Crippen molar-refractivity contribution in [3.05, 3.63) is 59.7 Å². The molecule has 2 amide bonds. The molecule has 1 aromatic heterocycles. The minimum absolute atomic E-state index is 0.249. The van der Waals surface area contributed by atoms with Crippen LogP contribution in [0.25, 0.3) is 11.1 Å². The van der Waals surface area contributed by atoms with E-state index in [1.54, 1.807) is 12.1 Å². The minimum atomic E-state index is -0.724. The van der Waals surface area contributed by atoms with E-state index in [9.17, 15) is 14.4 Å². The van der Waals surface area contributed by atoms with E-state index in [2.05, 4.69) is 45.1 Å². The number of rotatable bonds is 6. The number of anilines is 2. The van der Waals surface area contributed by atoms with Crippen LogP contribution in [0.5, 0.6) is 0 Å². The number of hydrogen-bond acceptors (Lipinski definition) is 6. The number of hydrogen-bond donors (Lipinski definition) is 3. The largest absolute Gasteiger partial charge is 0.481 e. The van der Waals surface area contributed by atoms with Crippen LogP contribution >= 0.6 is 11.3 Å². The second-order valence-corrected chi connectivity index (χ2v) is 9.54. The lowest BCUT2D eigenvalue weighted by molar-refractivity contribution is -0.138. The van der Waals surface area contributed by atoms with Crippen molar-refractivity contribution in [1.82, 2.24) is 10.2 Å². The monoisotopic (exact) mass is 478 g/mol. The van der Waals surface area contributed by atoms with E-state index in [4.69, 9.17) is 5.11 Å². The lowest BCUT2D eigenvalue weighted by atomic mass is 9.77. The second-order valence-electron chi connectivity index (χ2n) is 8.57. The maximum Gasteiger partial charge on any atom is 0.303 e. The van der Waals surface area contributed by atoms with Crippen molar-refractivity contribution in [3.63, 3.8) is 0 Å². The fourth-order valence-electron chi connectivity index (χ4n) is 4.17. The molecule has 1 aromatic carbocycles. The number of carbonyl (C=O) groups excluding carboxylic acids is 2. The lowest BCUT2D eigenvalue weighted by Crippen LogP contribution is -2.16. The Kier molecular flexibility index (Phi) is 7.32. The molecule has 2 aromatic rings. The first-order chi connectivity index (χ1) is 16.4. The molecule has 3 aliphatic rings. The number of nitrogens with one attached hydrogen (secondary N) is 2. The van der Waals surface area contributed by atoms with E-state index in [1.807, 2.05) is 12.1 Å². The van der Waals surface area contributed by atoms with Crippen LogP contribution in [0.3, 0.4) is 0 Å². The van der Waals surface area contributed by atoms with Crippen LogP contribution in [0, 0.1) is 5.92 Å². The van der Waals surface area contributed by atoms with E-state index in [1.165, 1.54) is 23.6 Å². The predicted molar refractivity (Wildman–Crippen MR) is 131 cm³/mol. The van der Waals surface area contributed by atoms with Gasteiger partial charge in [-0.3, -0.25) is 19.7 Å². The quantitative estimate of drug-likeness (QED) is 0.352. The summed E-state index contributed by atoms with van der Waals surface area (Å²) in [5.41, 5.74) is 4.54. The first-order valence-corrected chi connectivity index (χ1v) is 12.0. The van der Waals surface area contributed by atoms with Crippen molar-refractivity contribution in [1.29, 1.82) is 0 Å². The molecule has 0 saturated heterocycles. The highest BCUT2D eigenvalue weighted by Gasteiger charge is 2.24. The number of aliphatic carboxylic acids is 1. The highest BCUT2D eigenvalue weighted by Crippen LogP contribution is 2.37. The number of fused-ring (bicyclic) bond motifs is 1. The maximum atomic E-state index is 12.4. The average molecular weight is 479 g/mol. The number of nitrogens with zero attached hydrogens (tertiary/aromatic N) is 2. The first kappa shape index (κ1) is 23.6. The van der Waals surface area contributed by atoms with Gasteiger partial charge in [0.1, 0.15) is 0 Å². The molecule has 0 spiro atoms. The molecule has 34 heavy (non-hydrogen) atoms. The maximum absolute atomic E-state index is 12.4. The van der Waals surface area contributed by atoms with Gasteiger partial charge in [0.25, 0.3) is 5.91 Å². The summed E-state index contributed by atoms with van der Waals surface area (Å²) in [5, 5.41) is 22.4. The van der Waals surface area contributed by atoms with E-state index in [0.717, 1.165) is 37.0 Å². The topological polar surface area (TPSA) is 121 Å². The van der Waals surface area contributed by atoms with Crippen molar-refractivity contribution >= 4 is 39.4 Å². The molecule has 1 heterocycles. The molecule has 3 aliphatic carbocycles. The summed E-state index contributed by atoms with van der Waals surface area (Å²) < 4.78 is 0. The molecule has 0 unspecified atom stereocenters. The van der Waals surface area contributed by atoms with Gasteiger partial charge in [0.05, 0.1) is 0 Å². The lowest BCUT2D eigenvalue weighted by Gasteiger charge is -2.28. The Morgan fingerprint density at radius 3 is 2.06 bits per heavy atom. The Hall–Kier alpha value is -3.59. The Morgan fingerprint density at radius 2 is 1.56 bits per heavy atom. The highest BCUT2D eigenvalue weighted by molar-refractivity contribution is 7.19. The molecule has 3 N–H and O–H groups in total. The summed E-state index contributed by atoms with van der Waals surface area (Å²) in [6, 6.07) is 16.0. The number of carbonyl (C=O) groups is 3. The highest BCUT2D eigenvalue weighted by atomic mass is 32.1. The van der Waals surface area contributed by atoms with E-state index in [-0.39, 0.29) is 24.2 Å². The van der Waals surface area contributed by atoms with E-state index in [0.29, 0.717) is 21.7 Å². The summed E-state index contributed by atoms with van der Waals surface area (Å²) in [6.45, 7) is 1.37. The smallest absolute Gasteiger partial charge is 0.303 e. The molecule has 176 valence electrons. The van der Waals surface area contributed by atoms with Crippen molar-refractivity contribution < 1.29 is 19.5 Å². The normalized spacial score (nSPS) is 17.7. The van der Waals surface area contributed by atoms with Gasteiger partial charge in [-0.15, -0.1) is 10.2 Å². The SMILES string of the molecule is CC(=O)Nc1nnc(NC(=O)c2ccc(C3CCC(CC(=O)O)CC3)cc2)s1.c1cc2cc-2c1. The number of benzene rings is 2. The van der Waals surface area contributed by atoms with Crippen molar-refractivity contribution in [2.45, 2.75) is 44.9 Å². The van der Waals surface area contributed by atoms with Crippen LogP contribution in [0.4, 0.5) is 10.3 Å². The number of carboxylic acids is 1. The summed E-state index contributed by atoms with van der Waals surface area (Å²) >= 11 is 1.09. The minimum Gasteiger partial charge on any atom is -0.481 e. The van der Waals surface area contributed by atoms with Crippen LogP contribution < -0.4 is 10.6 Å². The Morgan fingerprint density at radius 1 is 0.941 bits per heavy atom. The van der Waals surface area contributed by atoms with Gasteiger partial charge in [-0.25, -0.2) is 0 Å². The molecule has 0 bridgehead atoms. The van der Waals surface area contributed by atoms with Gasteiger partial charge in [-0.05, 0) is 72.4 Å². The van der Waals surface area contributed by atoms with Crippen LogP contribution in [0.15, 0.2) is 48.5 Å². The summed E-state index contributed by atoms with van der Waals surface area (Å²) in [6.07, 6.45) is 4.04. The molecule has 0 atom stereocenters. The average Bonchev–Trinajstić information content (AvgIpc) is 3.17. The zero-order valence-electron chi connectivity index (χ0n) is 18.8. The second kappa shape index (κ2) is 10.6. The number of carboxylic acid groups (broad SMARTS) is 1. The van der Waals surface area contributed by atoms with Gasteiger partial charge in [0.2, 0.25) is 16.2 Å². The molecular formula is C25H26N4O4S. The Labute approximate surface area is 201 Å².